The molecule has 4 nitrogen and oxygen atoms in total. The third-order valence-electron chi connectivity index (χ3n) is 6.52. The zero-order valence-corrected chi connectivity index (χ0v) is 14.3. The van der Waals surface area contributed by atoms with E-state index in [1.807, 2.05) is 6.08 Å². The summed E-state index contributed by atoms with van der Waals surface area (Å²) < 4.78 is 5.70. The number of ether oxygens (including phenoxy) is 1. The van der Waals surface area contributed by atoms with E-state index in [0.717, 1.165) is 31.4 Å². The first-order valence-corrected chi connectivity index (χ1v) is 8.57. The van der Waals surface area contributed by atoms with Crippen molar-refractivity contribution in [3.05, 3.63) is 12.7 Å². The van der Waals surface area contributed by atoms with Crippen molar-refractivity contribution in [2.75, 3.05) is 0 Å². The van der Waals surface area contributed by atoms with Crippen molar-refractivity contribution in [2.24, 2.45) is 22.4 Å². The molecule has 2 saturated carbocycles. The van der Waals surface area contributed by atoms with Crippen molar-refractivity contribution < 1.29 is 9.53 Å². The first kappa shape index (κ1) is 15.6. The Morgan fingerprint density at radius 2 is 2.32 bits per heavy atom. The molecule has 0 aromatic carbocycles. The van der Waals surface area contributed by atoms with Crippen LogP contribution in [0.5, 0.6) is 0 Å². The fourth-order valence-electron chi connectivity index (χ4n) is 5.03. The van der Waals surface area contributed by atoms with Gasteiger partial charge in [0.15, 0.2) is 0 Å². The van der Waals surface area contributed by atoms with E-state index >= 15 is 0 Å². The van der Waals surface area contributed by atoms with Crippen LogP contribution in [0.1, 0.15) is 59.8 Å². The van der Waals surface area contributed by atoms with Crippen molar-refractivity contribution in [1.29, 1.82) is 0 Å². The highest BCUT2D eigenvalue weighted by Crippen LogP contribution is 2.65. The van der Waals surface area contributed by atoms with E-state index in [4.69, 9.17) is 9.84 Å². The van der Waals surface area contributed by atoms with Gasteiger partial charge in [-0.05, 0) is 49.4 Å². The molecule has 4 heteroatoms. The number of nitrogens with zero attached hydrogens (tertiary/aromatic N) is 2. The zero-order valence-electron chi connectivity index (χ0n) is 14.3. The Morgan fingerprint density at radius 1 is 1.59 bits per heavy atom. The van der Waals surface area contributed by atoms with E-state index in [1.165, 1.54) is 6.42 Å². The lowest BCUT2D eigenvalue weighted by atomic mass is 9.75. The Hall–Kier alpha value is -1.32. The normalized spacial score (nSPS) is 37.2. The molecule has 1 heterocycles. The second-order valence-electron chi connectivity index (χ2n) is 7.67. The highest BCUT2D eigenvalue weighted by molar-refractivity contribution is 5.87. The maximum Gasteiger partial charge on any atom is 0.431 e. The predicted molar refractivity (Wildman–Crippen MR) is 87.7 cm³/mol. The summed E-state index contributed by atoms with van der Waals surface area (Å²) in [5, 5.41) is 6.55. The standard InChI is InChI=1S/C18H28N2O2/c1-6-8-12(3)14(7-2)19-20-16(21)22-15-11-13-9-10-18(15,20)17(13,4)5/h6,12-13,15H,1,7-11H2,2-5H3/b19-14-/t12-,13-,15-,18+/m1/s1. The topological polar surface area (TPSA) is 41.9 Å². The number of rotatable bonds is 5. The third kappa shape index (κ3) is 1.82. The molecule has 0 unspecified atom stereocenters. The van der Waals surface area contributed by atoms with Gasteiger partial charge in [-0.3, -0.25) is 0 Å². The molecule has 3 aliphatic rings. The molecule has 4 atom stereocenters. The molecule has 1 saturated heterocycles. The van der Waals surface area contributed by atoms with Gasteiger partial charge in [-0.25, -0.2) is 4.79 Å². The maximum atomic E-state index is 12.5. The van der Waals surface area contributed by atoms with Gasteiger partial charge in [0, 0.05) is 5.71 Å². The van der Waals surface area contributed by atoms with Crippen LogP contribution in [0.15, 0.2) is 17.8 Å². The molecule has 2 aliphatic carbocycles. The lowest BCUT2D eigenvalue weighted by molar-refractivity contribution is 0.0566. The van der Waals surface area contributed by atoms with Gasteiger partial charge in [-0.1, -0.05) is 33.8 Å². The van der Waals surface area contributed by atoms with Gasteiger partial charge in [-0.15, -0.1) is 6.58 Å². The number of fused-ring (bicyclic) bond motifs is 1. The van der Waals surface area contributed by atoms with Gasteiger partial charge in [0.05, 0.1) is 0 Å². The molecule has 0 N–H and O–H groups in total. The SMILES string of the molecule is C=CC[C@@H](C)/C(CC)=N\N1C(=O)O[C@@H]2C[C@H]3CC[C@@]21C3(C)C. The van der Waals surface area contributed by atoms with Crippen LogP contribution in [-0.2, 0) is 4.74 Å². The minimum Gasteiger partial charge on any atom is -0.442 e. The first-order valence-electron chi connectivity index (χ1n) is 8.57. The number of allylic oxidation sites excluding steroid dienone is 1. The number of hydrogen-bond donors (Lipinski definition) is 0. The molecule has 0 aromatic rings. The fourth-order valence-corrected chi connectivity index (χ4v) is 5.03. The van der Waals surface area contributed by atoms with Crippen molar-refractivity contribution in [3.8, 4) is 0 Å². The van der Waals surface area contributed by atoms with Crippen molar-refractivity contribution in [2.45, 2.75) is 71.4 Å². The Labute approximate surface area is 133 Å². The van der Waals surface area contributed by atoms with E-state index in [1.54, 1.807) is 5.01 Å². The van der Waals surface area contributed by atoms with Crippen LogP contribution in [0.2, 0.25) is 0 Å². The van der Waals surface area contributed by atoms with Gasteiger partial charge in [0.25, 0.3) is 0 Å². The number of amides is 1. The Bertz CT molecular complexity index is 525. The van der Waals surface area contributed by atoms with Gasteiger partial charge in [0.1, 0.15) is 11.6 Å². The summed E-state index contributed by atoms with van der Waals surface area (Å²) in [5.74, 6) is 0.950. The van der Waals surface area contributed by atoms with Gasteiger partial charge in [0.2, 0.25) is 0 Å². The minimum absolute atomic E-state index is 0.0188. The van der Waals surface area contributed by atoms with E-state index in [2.05, 4.69) is 34.3 Å². The van der Waals surface area contributed by atoms with Crippen molar-refractivity contribution in [1.82, 2.24) is 5.01 Å². The zero-order chi connectivity index (χ0) is 16.1. The highest BCUT2D eigenvalue weighted by Gasteiger charge is 2.73. The smallest absolute Gasteiger partial charge is 0.431 e. The average molecular weight is 304 g/mol. The summed E-state index contributed by atoms with van der Waals surface area (Å²) in [6, 6.07) is 0. The molecular formula is C18H28N2O2. The van der Waals surface area contributed by atoms with Gasteiger partial charge in [-0.2, -0.15) is 10.1 Å². The number of carbonyl (C=O) groups excluding carboxylic acids is 1. The molecule has 1 amide bonds. The van der Waals surface area contributed by atoms with Crippen molar-refractivity contribution in [3.63, 3.8) is 0 Å². The fraction of sp³-hybridized carbons (Fsp3) is 0.778. The summed E-state index contributed by atoms with van der Waals surface area (Å²) in [7, 11) is 0. The van der Waals surface area contributed by atoms with E-state index < -0.39 is 0 Å². The largest absolute Gasteiger partial charge is 0.442 e. The molecule has 3 fully saturated rings. The van der Waals surface area contributed by atoms with Gasteiger partial charge < -0.3 is 4.74 Å². The summed E-state index contributed by atoms with van der Waals surface area (Å²) >= 11 is 0. The number of hydrazone groups is 1. The summed E-state index contributed by atoms with van der Waals surface area (Å²) in [4.78, 5) is 12.5. The number of carbonyl (C=O) groups is 1. The minimum atomic E-state index is -0.254. The van der Waals surface area contributed by atoms with E-state index in [9.17, 15) is 4.79 Å². The van der Waals surface area contributed by atoms with Gasteiger partial charge >= 0.3 is 6.09 Å². The monoisotopic (exact) mass is 304 g/mol. The lowest BCUT2D eigenvalue weighted by Crippen LogP contribution is -2.53. The predicted octanol–water partition coefficient (Wildman–Crippen LogP) is 4.36. The molecular weight excluding hydrogens is 276 g/mol. The number of hydrogen-bond acceptors (Lipinski definition) is 3. The molecule has 0 aromatic heterocycles. The molecule has 122 valence electrons. The highest BCUT2D eigenvalue weighted by atomic mass is 16.6. The van der Waals surface area contributed by atoms with Crippen LogP contribution < -0.4 is 0 Å². The molecule has 22 heavy (non-hydrogen) atoms. The Balaban J connectivity index is 1.98. The van der Waals surface area contributed by atoms with Crippen LogP contribution in [0.4, 0.5) is 4.79 Å². The lowest BCUT2D eigenvalue weighted by Gasteiger charge is -2.40. The quantitative estimate of drug-likeness (QED) is 0.559. The van der Waals surface area contributed by atoms with E-state index in [0.29, 0.717) is 11.8 Å². The second-order valence-corrected chi connectivity index (χ2v) is 7.67. The Morgan fingerprint density at radius 3 is 2.91 bits per heavy atom. The second kappa shape index (κ2) is 5.10. The maximum absolute atomic E-state index is 12.5. The third-order valence-corrected chi connectivity index (χ3v) is 6.52. The summed E-state index contributed by atoms with van der Waals surface area (Å²) in [6.45, 7) is 12.6. The molecule has 1 spiro atoms. The molecule has 3 rings (SSSR count). The molecule has 2 bridgehead atoms. The van der Waals surface area contributed by atoms with Crippen LogP contribution in [0, 0.1) is 17.3 Å². The summed E-state index contributed by atoms with van der Waals surface area (Å²) in [5.41, 5.74) is 0.912. The average Bonchev–Trinajstić information content (AvgIpc) is 2.97. The van der Waals surface area contributed by atoms with Crippen molar-refractivity contribution >= 4 is 11.8 Å². The molecule has 0 radical (unpaired) electrons. The Kier molecular flexibility index (Phi) is 3.61. The van der Waals surface area contributed by atoms with Crippen LogP contribution in [0.25, 0.3) is 0 Å². The van der Waals surface area contributed by atoms with Crippen LogP contribution in [-0.4, -0.2) is 28.5 Å². The molecule has 1 aliphatic heterocycles. The first-order chi connectivity index (χ1) is 10.4. The van der Waals surface area contributed by atoms with Crippen LogP contribution in [0.3, 0.4) is 0 Å². The van der Waals surface area contributed by atoms with E-state index in [-0.39, 0.29) is 23.2 Å². The summed E-state index contributed by atoms with van der Waals surface area (Å²) in [6.07, 6.45) is 6.61. The van der Waals surface area contributed by atoms with Crippen LogP contribution >= 0.6 is 0 Å².